The fourth-order valence-electron chi connectivity index (χ4n) is 3.31. The van der Waals surface area contributed by atoms with Gasteiger partial charge in [0.1, 0.15) is 11.5 Å². The minimum Gasteiger partial charge on any atom is -0.378 e. The van der Waals surface area contributed by atoms with Crippen molar-refractivity contribution in [2.24, 2.45) is 0 Å². The van der Waals surface area contributed by atoms with Crippen LogP contribution in [-0.4, -0.2) is 37.4 Å². The summed E-state index contributed by atoms with van der Waals surface area (Å²) in [6, 6.07) is 15.4. The highest BCUT2D eigenvalue weighted by molar-refractivity contribution is 5.92. The van der Waals surface area contributed by atoms with Gasteiger partial charge in [0.05, 0.1) is 19.3 Å². The number of carbonyl (C=O) groups excluding carboxylic acids is 1. The zero-order chi connectivity index (χ0) is 20.2. The highest BCUT2D eigenvalue weighted by Gasteiger charge is 2.18. The number of halogens is 1. The molecule has 0 saturated carbocycles. The van der Waals surface area contributed by atoms with Crippen LogP contribution in [0.5, 0.6) is 0 Å². The second kappa shape index (κ2) is 8.45. The van der Waals surface area contributed by atoms with E-state index in [1.165, 1.54) is 18.2 Å². The Labute approximate surface area is 168 Å². The standard InChI is InChI=1S/C22H22FN3O3/c1-15(16-5-7-19(8-6-16)26-9-11-28-12-10-26)24-22(27)21-14-20(25-29-21)17-3-2-4-18(23)13-17/h2-8,13-15H,9-12H2,1H3,(H,24,27)/t15-/m1/s1. The number of hydrogen-bond acceptors (Lipinski definition) is 5. The minimum absolute atomic E-state index is 0.0843. The van der Waals surface area contributed by atoms with Crippen LogP contribution < -0.4 is 10.2 Å². The summed E-state index contributed by atoms with van der Waals surface area (Å²) in [7, 11) is 0. The van der Waals surface area contributed by atoms with Crippen molar-refractivity contribution in [2.75, 3.05) is 31.2 Å². The van der Waals surface area contributed by atoms with Gasteiger partial charge >= 0.3 is 0 Å². The quantitative estimate of drug-likeness (QED) is 0.712. The molecule has 4 rings (SSSR count). The van der Waals surface area contributed by atoms with E-state index in [4.69, 9.17) is 9.26 Å². The van der Waals surface area contributed by atoms with E-state index in [0.717, 1.165) is 37.6 Å². The molecule has 1 N–H and O–H groups in total. The second-order valence-corrected chi connectivity index (χ2v) is 6.97. The molecule has 1 aromatic heterocycles. The Morgan fingerprint density at radius 2 is 1.90 bits per heavy atom. The van der Waals surface area contributed by atoms with Gasteiger partial charge < -0.3 is 19.5 Å². The number of rotatable bonds is 5. The molecule has 0 radical (unpaired) electrons. The lowest BCUT2D eigenvalue weighted by atomic mass is 10.1. The third-order valence-corrected chi connectivity index (χ3v) is 4.97. The number of nitrogens with one attached hydrogen (secondary N) is 1. The van der Waals surface area contributed by atoms with Crippen LogP contribution in [0, 0.1) is 5.82 Å². The zero-order valence-electron chi connectivity index (χ0n) is 16.1. The van der Waals surface area contributed by atoms with E-state index >= 15 is 0 Å². The second-order valence-electron chi connectivity index (χ2n) is 6.97. The smallest absolute Gasteiger partial charge is 0.290 e. The van der Waals surface area contributed by atoms with Gasteiger partial charge in [0.15, 0.2) is 0 Å². The number of hydrogen-bond donors (Lipinski definition) is 1. The summed E-state index contributed by atoms with van der Waals surface area (Å²) in [4.78, 5) is 14.8. The van der Waals surface area contributed by atoms with E-state index in [9.17, 15) is 9.18 Å². The first-order valence-corrected chi connectivity index (χ1v) is 9.56. The third kappa shape index (κ3) is 4.46. The number of aromatic nitrogens is 1. The monoisotopic (exact) mass is 395 g/mol. The van der Waals surface area contributed by atoms with Crippen LogP contribution in [0.15, 0.2) is 59.1 Å². The summed E-state index contributed by atoms with van der Waals surface area (Å²) in [5.74, 6) is -0.656. The molecule has 1 saturated heterocycles. The molecule has 7 heteroatoms. The molecule has 1 aliphatic heterocycles. The molecule has 2 aromatic carbocycles. The lowest BCUT2D eigenvalue weighted by Crippen LogP contribution is -2.36. The molecule has 0 unspecified atom stereocenters. The van der Waals surface area contributed by atoms with Gasteiger partial charge in [-0.2, -0.15) is 0 Å². The van der Waals surface area contributed by atoms with Crippen molar-refractivity contribution in [3.8, 4) is 11.3 Å². The highest BCUT2D eigenvalue weighted by Crippen LogP contribution is 2.22. The summed E-state index contributed by atoms with van der Waals surface area (Å²) in [6.07, 6.45) is 0. The summed E-state index contributed by atoms with van der Waals surface area (Å²) < 4.78 is 23.9. The number of ether oxygens (including phenoxy) is 1. The normalized spacial score (nSPS) is 15.2. The van der Waals surface area contributed by atoms with E-state index in [1.54, 1.807) is 12.1 Å². The molecule has 0 spiro atoms. The largest absolute Gasteiger partial charge is 0.378 e. The first kappa shape index (κ1) is 19.1. The Kier molecular flexibility index (Phi) is 5.57. The number of amides is 1. The van der Waals surface area contributed by atoms with E-state index in [0.29, 0.717) is 11.3 Å². The number of carbonyl (C=O) groups is 1. The Morgan fingerprint density at radius 1 is 1.14 bits per heavy atom. The van der Waals surface area contributed by atoms with E-state index in [1.807, 2.05) is 19.1 Å². The predicted octanol–water partition coefficient (Wildman–Crippen LogP) is 3.81. The fraction of sp³-hybridized carbons (Fsp3) is 0.273. The van der Waals surface area contributed by atoms with Crippen molar-refractivity contribution in [1.82, 2.24) is 10.5 Å². The molecule has 1 aliphatic rings. The van der Waals surface area contributed by atoms with Crippen LogP contribution in [0.4, 0.5) is 10.1 Å². The van der Waals surface area contributed by atoms with Crippen molar-refractivity contribution >= 4 is 11.6 Å². The van der Waals surface area contributed by atoms with Crippen molar-refractivity contribution in [3.05, 3.63) is 71.7 Å². The summed E-state index contributed by atoms with van der Waals surface area (Å²) in [5, 5.41) is 6.78. The lowest BCUT2D eigenvalue weighted by Gasteiger charge is -2.29. The van der Waals surface area contributed by atoms with Gasteiger partial charge in [-0.15, -0.1) is 0 Å². The molecular formula is C22H22FN3O3. The van der Waals surface area contributed by atoms with Gasteiger partial charge in [-0.3, -0.25) is 4.79 Å². The summed E-state index contributed by atoms with van der Waals surface area (Å²) in [5.41, 5.74) is 3.10. The van der Waals surface area contributed by atoms with Crippen LogP contribution in [0.25, 0.3) is 11.3 Å². The number of morpholine rings is 1. The molecule has 1 amide bonds. The maximum atomic E-state index is 13.4. The molecule has 1 fully saturated rings. The fourth-order valence-corrected chi connectivity index (χ4v) is 3.31. The van der Waals surface area contributed by atoms with Gasteiger partial charge in [-0.1, -0.05) is 29.4 Å². The van der Waals surface area contributed by atoms with Gasteiger partial charge in [0.2, 0.25) is 5.76 Å². The van der Waals surface area contributed by atoms with Crippen molar-refractivity contribution in [3.63, 3.8) is 0 Å². The Bertz CT molecular complexity index is 981. The molecule has 3 aromatic rings. The van der Waals surface area contributed by atoms with Crippen molar-refractivity contribution in [1.29, 1.82) is 0 Å². The molecule has 29 heavy (non-hydrogen) atoms. The Morgan fingerprint density at radius 3 is 2.62 bits per heavy atom. The molecule has 2 heterocycles. The molecule has 150 valence electrons. The third-order valence-electron chi connectivity index (χ3n) is 4.97. The minimum atomic E-state index is -0.370. The molecule has 0 aliphatic carbocycles. The van der Waals surface area contributed by atoms with Crippen LogP contribution >= 0.6 is 0 Å². The lowest BCUT2D eigenvalue weighted by molar-refractivity contribution is 0.0902. The number of nitrogens with zero attached hydrogens (tertiary/aromatic N) is 2. The number of anilines is 1. The van der Waals surface area contributed by atoms with Crippen molar-refractivity contribution < 1.29 is 18.4 Å². The average Bonchev–Trinajstić information content (AvgIpc) is 3.25. The van der Waals surface area contributed by atoms with Gasteiger partial charge in [0.25, 0.3) is 5.91 Å². The zero-order valence-corrected chi connectivity index (χ0v) is 16.1. The highest BCUT2D eigenvalue weighted by atomic mass is 19.1. The van der Waals surface area contributed by atoms with Gasteiger partial charge in [-0.25, -0.2) is 4.39 Å². The maximum Gasteiger partial charge on any atom is 0.290 e. The van der Waals surface area contributed by atoms with Crippen LogP contribution in [0.1, 0.15) is 29.1 Å². The van der Waals surface area contributed by atoms with Gasteiger partial charge in [-0.05, 0) is 36.8 Å². The first-order valence-electron chi connectivity index (χ1n) is 9.56. The Balaban J connectivity index is 1.40. The van der Waals surface area contributed by atoms with Crippen LogP contribution in [-0.2, 0) is 4.74 Å². The predicted molar refractivity (Wildman–Crippen MR) is 107 cm³/mol. The molecular weight excluding hydrogens is 373 g/mol. The topological polar surface area (TPSA) is 67.6 Å². The van der Waals surface area contributed by atoms with E-state index < -0.39 is 0 Å². The average molecular weight is 395 g/mol. The van der Waals surface area contributed by atoms with E-state index in [2.05, 4.69) is 27.5 Å². The van der Waals surface area contributed by atoms with Crippen LogP contribution in [0.2, 0.25) is 0 Å². The molecule has 1 atom stereocenters. The molecule has 0 bridgehead atoms. The first-order chi connectivity index (χ1) is 14.1. The Hall–Kier alpha value is -3.19. The van der Waals surface area contributed by atoms with Crippen molar-refractivity contribution in [2.45, 2.75) is 13.0 Å². The summed E-state index contributed by atoms with van der Waals surface area (Å²) >= 11 is 0. The molecule has 6 nitrogen and oxygen atoms in total. The number of benzene rings is 2. The summed E-state index contributed by atoms with van der Waals surface area (Å²) in [6.45, 7) is 5.15. The van der Waals surface area contributed by atoms with Gasteiger partial charge in [0, 0.05) is 30.4 Å². The maximum absolute atomic E-state index is 13.4. The van der Waals surface area contributed by atoms with Crippen LogP contribution in [0.3, 0.4) is 0 Å². The van der Waals surface area contributed by atoms with E-state index in [-0.39, 0.29) is 23.5 Å². The SMILES string of the molecule is C[C@@H](NC(=O)c1cc(-c2cccc(F)c2)no1)c1ccc(N2CCOCC2)cc1.